The number of methoxy groups -OCH3 is 2. The van der Waals surface area contributed by atoms with E-state index in [2.05, 4.69) is 15.3 Å². The van der Waals surface area contributed by atoms with Gasteiger partial charge in [0, 0.05) is 13.5 Å². The minimum Gasteiger partial charge on any atom is -0.464 e. The fourth-order valence-electron chi connectivity index (χ4n) is 1.90. The second kappa shape index (κ2) is 6.49. The van der Waals surface area contributed by atoms with Crippen LogP contribution in [-0.2, 0) is 22.4 Å². The molecular formula is C13H18N4O4. The first kappa shape index (κ1) is 15.2. The van der Waals surface area contributed by atoms with E-state index in [1.165, 1.54) is 7.11 Å². The van der Waals surface area contributed by atoms with E-state index >= 15 is 0 Å². The maximum atomic E-state index is 11.7. The van der Waals surface area contributed by atoms with Crippen LogP contribution in [0.15, 0.2) is 4.42 Å². The van der Waals surface area contributed by atoms with Gasteiger partial charge in [0.2, 0.25) is 5.89 Å². The molecule has 0 saturated heterocycles. The highest BCUT2D eigenvalue weighted by Gasteiger charge is 2.21. The summed E-state index contributed by atoms with van der Waals surface area (Å²) in [7, 11) is 2.90. The molecule has 0 spiro atoms. The highest BCUT2D eigenvalue weighted by atomic mass is 16.5. The molecular weight excluding hydrogens is 276 g/mol. The molecule has 0 fully saturated rings. The van der Waals surface area contributed by atoms with E-state index in [9.17, 15) is 4.79 Å². The minimum absolute atomic E-state index is 0.189. The van der Waals surface area contributed by atoms with E-state index in [4.69, 9.17) is 13.9 Å². The molecule has 2 heterocycles. The number of hydrogen-bond acceptors (Lipinski definition) is 7. The number of hydrogen-bond donors (Lipinski definition) is 0. The van der Waals surface area contributed by atoms with Crippen molar-refractivity contribution in [1.82, 2.24) is 20.0 Å². The first-order chi connectivity index (χ1) is 10.1. The van der Waals surface area contributed by atoms with Gasteiger partial charge in [0.15, 0.2) is 5.69 Å². The van der Waals surface area contributed by atoms with Gasteiger partial charge in [-0.15, -0.1) is 5.10 Å². The summed E-state index contributed by atoms with van der Waals surface area (Å²) < 4.78 is 16.9. The van der Waals surface area contributed by atoms with Gasteiger partial charge in [-0.05, 0) is 13.8 Å². The summed E-state index contributed by atoms with van der Waals surface area (Å²) in [5.41, 5.74) is 1.66. The Morgan fingerprint density at radius 1 is 1.33 bits per heavy atom. The van der Waals surface area contributed by atoms with E-state index in [1.807, 2.05) is 13.8 Å². The van der Waals surface area contributed by atoms with Gasteiger partial charge in [-0.1, -0.05) is 5.21 Å². The van der Waals surface area contributed by atoms with E-state index < -0.39 is 5.97 Å². The Bertz CT molecular complexity index is 613. The Kier molecular flexibility index (Phi) is 4.69. The second-order valence-corrected chi connectivity index (χ2v) is 4.53. The molecule has 0 atom stereocenters. The van der Waals surface area contributed by atoms with Crippen molar-refractivity contribution >= 4 is 5.97 Å². The Labute approximate surface area is 122 Å². The predicted molar refractivity (Wildman–Crippen MR) is 72.0 cm³/mol. The summed E-state index contributed by atoms with van der Waals surface area (Å²) in [6.07, 6.45) is 0.493. The Balaban J connectivity index is 2.29. The van der Waals surface area contributed by atoms with E-state index in [1.54, 1.807) is 11.8 Å². The minimum atomic E-state index is -0.521. The van der Waals surface area contributed by atoms with Crippen LogP contribution in [0.5, 0.6) is 0 Å². The summed E-state index contributed by atoms with van der Waals surface area (Å²) in [6, 6.07) is 0. The van der Waals surface area contributed by atoms with Gasteiger partial charge in [-0.3, -0.25) is 0 Å². The largest absolute Gasteiger partial charge is 0.464 e. The van der Waals surface area contributed by atoms with Crippen molar-refractivity contribution in [1.29, 1.82) is 0 Å². The fraction of sp³-hybridized carbons (Fsp3) is 0.538. The van der Waals surface area contributed by atoms with Crippen LogP contribution in [0, 0.1) is 13.8 Å². The molecule has 114 valence electrons. The molecule has 0 aliphatic heterocycles. The molecule has 0 amide bonds. The van der Waals surface area contributed by atoms with E-state index in [-0.39, 0.29) is 5.69 Å². The lowest BCUT2D eigenvalue weighted by Gasteiger charge is -2.05. The zero-order chi connectivity index (χ0) is 15.4. The quantitative estimate of drug-likeness (QED) is 0.731. The predicted octanol–water partition coefficient (Wildman–Crippen LogP) is 0.907. The lowest BCUT2D eigenvalue weighted by Crippen LogP contribution is -2.12. The maximum absolute atomic E-state index is 11.7. The van der Waals surface area contributed by atoms with Crippen LogP contribution in [0.25, 0.3) is 0 Å². The van der Waals surface area contributed by atoms with Gasteiger partial charge in [0.25, 0.3) is 0 Å². The van der Waals surface area contributed by atoms with Crippen LogP contribution in [0.2, 0.25) is 0 Å². The van der Waals surface area contributed by atoms with Crippen molar-refractivity contribution < 1.29 is 18.7 Å². The highest BCUT2D eigenvalue weighted by molar-refractivity contribution is 5.88. The van der Waals surface area contributed by atoms with Crippen molar-refractivity contribution in [2.45, 2.75) is 26.8 Å². The second-order valence-electron chi connectivity index (χ2n) is 4.53. The van der Waals surface area contributed by atoms with Crippen LogP contribution >= 0.6 is 0 Å². The number of aromatic nitrogens is 4. The molecule has 21 heavy (non-hydrogen) atoms. The number of ether oxygens (including phenoxy) is 2. The van der Waals surface area contributed by atoms with Crippen LogP contribution in [-0.4, -0.2) is 46.8 Å². The topological polar surface area (TPSA) is 92.3 Å². The molecule has 0 unspecified atom stereocenters. The molecule has 8 nitrogen and oxygen atoms in total. The molecule has 0 radical (unpaired) electrons. The summed E-state index contributed by atoms with van der Waals surface area (Å²) >= 11 is 0. The Morgan fingerprint density at radius 2 is 2.10 bits per heavy atom. The monoisotopic (exact) mass is 294 g/mol. The van der Waals surface area contributed by atoms with Crippen molar-refractivity contribution in [3.63, 3.8) is 0 Å². The third-order valence-electron chi connectivity index (χ3n) is 3.12. The van der Waals surface area contributed by atoms with Crippen LogP contribution in [0.1, 0.15) is 33.5 Å². The number of nitrogens with zero attached hydrogens (tertiary/aromatic N) is 4. The number of esters is 1. The van der Waals surface area contributed by atoms with Crippen molar-refractivity contribution in [3.05, 3.63) is 28.7 Å². The molecule has 0 N–H and O–H groups in total. The molecule has 8 heteroatoms. The van der Waals surface area contributed by atoms with Crippen molar-refractivity contribution in [3.8, 4) is 0 Å². The maximum Gasteiger partial charge on any atom is 0.360 e. The van der Waals surface area contributed by atoms with Crippen molar-refractivity contribution in [2.24, 2.45) is 0 Å². The summed E-state index contributed by atoms with van der Waals surface area (Å²) in [5, 5.41) is 7.86. The lowest BCUT2D eigenvalue weighted by molar-refractivity contribution is 0.0592. The number of rotatable bonds is 6. The SMILES string of the molecule is COCCc1c(C(=O)OC)nnn1Cc1nc(C)c(C)o1. The summed E-state index contributed by atoms with van der Waals surface area (Å²) in [6.45, 7) is 4.47. The fourth-order valence-corrected chi connectivity index (χ4v) is 1.90. The van der Waals surface area contributed by atoms with Crippen LogP contribution in [0.3, 0.4) is 0 Å². The Morgan fingerprint density at radius 3 is 2.67 bits per heavy atom. The molecule has 0 bridgehead atoms. The average molecular weight is 294 g/mol. The normalized spacial score (nSPS) is 10.9. The van der Waals surface area contributed by atoms with E-state index in [0.717, 1.165) is 11.5 Å². The molecule has 2 rings (SSSR count). The molecule has 0 aromatic carbocycles. The number of carbonyl (C=O) groups excluding carboxylic acids is 1. The summed E-state index contributed by atoms with van der Waals surface area (Å²) in [4.78, 5) is 16.0. The van der Waals surface area contributed by atoms with Crippen LogP contribution < -0.4 is 0 Å². The van der Waals surface area contributed by atoms with Crippen molar-refractivity contribution in [2.75, 3.05) is 20.8 Å². The van der Waals surface area contributed by atoms with Gasteiger partial charge in [0.1, 0.15) is 12.3 Å². The third-order valence-corrected chi connectivity index (χ3v) is 3.12. The smallest absolute Gasteiger partial charge is 0.360 e. The molecule has 0 aliphatic carbocycles. The standard InChI is InChI=1S/C13H18N4O4/c1-8-9(2)21-11(14-8)7-17-10(5-6-19-3)12(15-16-17)13(18)20-4/h5-7H2,1-4H3. The number of aryl methyl sites for hydroxylation is 2. The lowest BCUT2D eigenvalue weighted by atomic mass is 10.2. The Hall–Kier alpha value is -2.22. The average Bonchev–Trinajstić information content (AvgIpc) is 3.00. The summed E-state index contributed by atoms with van der Waals surface area (Å²) in [5.74, 6) is 0.758. The zero-order valence-electron chi connectivity index (χ0n) is 12.5. The molecule has 2 aromatic heterocycles. The van der Waals surface area contributed by atoms with Gasteiger partial charge in [-0.2, -0.15) is 0 Å². The molecule has 2 aromatic rings. The van der Waals surface area contributed by atoms with Crippen LogP contribution in [0.4, 0.5) is 0 Å². The van der Waals surface area contributed by atoms with Gasteiger partial charge < -0.3 is 13.9 Å². The van der Waals surface area contributed by atoms with Gasteiger partial charge >= 0.3 is 5.97 Å². The molecule has 0 aliphatic rings. The zero-order valence-corrected chi connectivity index (χ0v) is 12.5. The number of carbonyl (C=O) groups is 1. The third kappa shape index (κ3) is 3.27. The first-order valence-corrected chi connectivity index (χ1v) is 6.49. The van der Waals surface area contributed by atoms with Gasteiger partial charge in [-0.25, -0.2) is 14.5 Å². The molecule has 0 saturated carbocycles. The van der Waals surface area contributed by atoms with E-state index in [0.29, 0.717) is 31.2 Å². The number of oxazole rings is 1. The van der Waals surface area contributed by atoms with Gasteiger partial charge in [0.05, 0.1) is 25.1 Å². The highest BCUT2D eigenvalue weighted by Crippen LogP contribution is 2.13. The first-order valence-electron chi connectivity index (χ1n) is 6.49.